The molecule has 0 fully saturated rings. The minimum absolute atomic E-state index is 0.255. The zero-order valence-corrected chi connectivity index (χ0v) is 9.42. The number of H-pyrrole nitrogens is 1. The first kappa shape index (κ1) is 10.7. The molecule has 0 saturated carbocycles. The highest BCUT2D eigenvalue weighted by Crippen LogP contribution is 2.18. The van der Waals surface area contributed by atoms with Crippen molar-refractivity contribution in [1.29, 1.82) is 5.41 Å². The Hall–Kier alpha value is -1.77. The predicted molar refractivity (Wildman–Crippen MR) is 66.0 cm³/mol. The Bertz CT molecular complexity index is 487. The minimum atomic E-state index is 0.255. The van der Waals surface area contributed by atoms with Gasteiger partial charge < -0.3 is 9.72 Å². The molecule has 0 aliphatic carbocycles. The number of nitrogens with one attached hydrogen (secondary N) is 2. The zero-order valence-electron chi connectivity index (χ0n) is 9.42. The van der Waals surface area contributed by atoms with Gasteiger partial charge in [0.15, 0.2) is 0 Å². The molecule has 0 bridgehead atoms. The number of rotatable bonds is 4. The van der Waals surface area contributed by atoms with E-state index < -0.39 is 0 Å². The molecule has 2 N–H and O–H groups in total. The van der Waals surface area contributed by atoms with E-state index in [1.165, 1.54) is 0 Å². The molecule has 3 nitrogen and oxygen atoms in total. The van der Waals surface area contributed by atoms with Crippen molar-refractivity contribution in [2.24, 2.45) is 0 Å². The second kappa shape index (κ2) is 4.84. The molecule has 0 saturated heterocycles. The molecule has 84 valence electrons. The van der Waals surface area contributed by atoms with Gasteiger partial charge in [0.1, 0.15) is 0 Å². The molecule has 16 heavy (non-hydrogen) atoms. The lowest BCUT2D eigenvalue weighted by Gasteiger charge is -2.05. The molecular weight excluding hydrogens is 200 g/mol. The van der Waals surface area contributed by atoms with Crippen molar-refractivity contribution in [3.05, 3.63) is 36.0 Å². The van der Waals surface area contributed by atoms with Crippen LogP contribution < -0.4 is 0 Å². The van der Waals surface area contributed by atoms with Gasteiger partial charge in [0, 0.05) is 17.1 Å². The maximum Gasteiger partial charge on any atom is 0.215 e. The largest absolute Gasteiger partial charge is 0.478 e. The quantitative estimate of drug-likeness (QED) is 0.460. The van der Waals surface area contributed by atoms with E-state index in [-0.39, 0.29) is 5.90 Å². The minimum Gasteiger partial charge on any atom is -0.478 e. The van der Waals surface area contributed by atoms with Crippen molar-refractivity contribution in [3.63, 3.8) is 0 Å². The summed E-state index contributed by atoms with van der Waals surface area (Å²) in [5.74, 6) is 0.255. The molecular formula is C13H16N2O. The molecule has 0 aliphatic rings. The average Bonchev–Trinajstić information content (AvgIpc) is 2.73. The predicted octanol–water partition coefficient (Wildman–Crippen LogP) is 3.31. The Kier molecular flexibility index (Phi) is 3.25. The summed E-state index contributed by atoms with van der Waals surface area (Å²) in [7, 11) is 0. The maximum absolute atomic E-state index is 7.86. The Morgan fingerprint density at radius 2 is 2.19 bits per heavy atom. The van der Waals surface area contributed by atoms with Crippen LogP contribution in [0, 0.1) is 5.41 Å². The van der Waals surface area contributed by atoms with Crippen LogP contribution in [0.5, 0.6) is 0 Å². The lowest BCUT2D eigenvalue weighted by Crippen LogP contribution is -2.05. The zero-order chi connectivity index (χ0) is 11.4. The van der Waals surface area contributed by atoms with Crippen LogP contribution in [0.15, 0.2) is 30.5 Å². The first-order chi connectivity index (χ1) is 7.83. The van der Waals surface area contributed by atoms with Gasteiger partial charge >= 0.3 is 0 Å². The summed E-state index contributed by atoms with van der Waals surface area (Å²) in [4.78, 5) is 3.14. The summed E-state index contributed by atoms with van der Waals surface area (Å²) in [5.41, 5.74) is 1.88. The number of unbranched alkanes of at least 4 members (excludes halogenated alkanes) is 1. The molecule has 1 aromatic carbocycles. The summed E-state index contributed by atoms with van der Waals surface area (Å²) >= 11 is 0. The molecule has 1 heterocycles. The monoisotopic (exact) mass is 216 g/mol. The SMILES string of the molecule is CCCCOC(=N)c1c[nH]c2ccccc12. The second-order valence-corrected chi connectivity index (χ2v) is 3.78. The van der Waals surface area contributed by atoms with Gasteiger partial charge in [-0.1, -0.05) is 31.5 Å². The number of fused-ring (bicyclic) bond motifs is 1. The molecule has 2 aromatic rings. The van der Waals surface area contributed by atoms with Crippen molar-refractivity contribution in [3.8, 4) is 0 Å². The lowest BCUT2D eigenvalue weighted by atomic mass is 10.2. The summed E-state index contributed by atoms with van der Waals surface area (Å²) < 4.78 is 5.40. The van der Waals surface area contributed by atoms with Gasteiger partial charge in [-0.3, -0.25) is 5.41 Å². The number of ether oxygens (including phenoxy) is 1. The van der Waals surface area contributed by atoms with Crippen LogP contribution in [0.4, 0.5) is 0 Å². The molecule has 2 rings (SSSR count). The molecule has 0 spiro atoms. The normalized spacial score (nSPS) is 10.6. The summed E-state index contributed by atoms with van der Waals surface area (Å²) in [6.45, 7) is 2.73. The second-order valence-electron chi connectivity index (χ2n) is 3.78. The van der Waals surface area contributed by atoms with Gasteiger partial charge in [-0.05, 0) is 12.5 Å². The number of aromatic amines is 1. The Labute approximate surface area is 94.9 Å². The summed E-state index contributed by atoms with van der Waals surface area (Å²) in [5, 5.41) is 8.91. The van der Waals surface area contributed by atoms with Gasteiger partial charge in [0.2, 0.25) is 5.90 Å². The molecule has 0 radical (unpaired) electrons. The number of aromatic nitrogens is 1. The number of hydrogen-bond donors (Lipinski definition) is 2. The maximum atomic E-state index is 7.86. The van der Waals surface area contributed by atoms with Crippen LogP contribution in [0.2, 0.25) is 0 Å². The van der Waals surface area contributed by atoms with Gasteiger partial charge in [-0.25, -0.2) is 0 Å². The highest BCUT2D eigenvalue weighted by molar-refractivity contribution is 6.05. The molecule has 1 aromatic heterocycles. The summed E-state index contributed by atoms with van der Waals surface area (Å²) in [6.07, 6.45) is 3.91. The first-order valence-electron chi connectivity index (χ1n) is 5.60. The molecule has 0 atom stereocenters. The standard InChI is InChI=1S/C13H16N2O/c1-2-3-8-16-13(14)11-9-15-12-7-5-4-6-10(11)12/h4-7,9,14-15H,2-3,8H2,1H3. The Morgan fingerprint density at radius 3 is 3.00 bits per heavy atom. The van der Waals surface area contributed by atoms with E-state index in [9.17, 15) is 0 Å². The number of para-hydroxylation sites is 1. The van der Waals surface area contributed by atoms with E-state index in [4.69, 9.17) is 10.1 Å². The van der Waals surface area contributed by atoms with Crippen LogP contribution >= 0.6 is 0 Å². The van der Waals surface area contributed by atoms with Gasteiger partial charge in [-0.15, -0.1) is 0 Å². The van der Waals surface area contributed by atoms with Crippen LogP contribution in [0.3, 0.4) is 0 Å². The highest BCUT2D eigenvalue weighted by atomic mass is 16.5. The van der Waals surface area contributed by atoms with E-state index in [0.29, 0.717) is 6.61 Å². The number of benzene rings is 1. The topological polar surface area (TPSA) is 48.9 Å². The van der Waals surface area contributed by atoms with Gasteiger partial charge in [0.25, 0.3) is 0 Å². The van der Waals surface area contributed by atoms with Gasteiger partial charge in [-0.2, -0.15) is 0 Å². The number of hydrogen-bond acceptors (Lipinski definition) is 2. The van der Waals surface area contributed by atoms with Crippen LogP contribution in [-0.4, -0.2) is 17.5 Å². The molecule has 0 unspecified atom stereocenters. The van der Waals surface area contributed by atoms with E-state index in [1.54, 1.807) is 0 Å². The van der Waals surface area contributed by atoms with Crippen LogP contribution in [0.1, 0.15) is 25.3 Å². The van der Waals surface area contributed by atoms with Gasteiger partial charge in [0.05, 0.1) is 12.2 Å². The van der Waals surface area contributed by atoms with E-state index in [0.717, 1.165) is 29.3 Å². The third-order valence-electron chi connectivity index (χ3n) is 2.58. The molecule has 0 amide bonds. The third-order valence-corrected chi connectivity index (χ3v) is 2.58. The van der Waals surface area contributed by atoms with Crippen LogP contribution in [-0.2, 0) is 4.74 Å². The molecule has 3 heteroatoms. The Balaban J connectivity index is 2.17. The fourth-order valence-corrected chi connectivity index (χ4v) is 1.66. The van der Waals surface area contributed by atoms with Crippen molar-refractivity contribution in [2.75, 3.05) is 6.61 Å². The van der Waals surface area contributed by atoms with E-state index in [1.807, 2.05) is 30.5 Å². The van der Waals surface area contributed by atoms with E-state index >= 15 is 0 Å². The van der Waals surface area contributed by atoms with Crippen molar-refractivity contribution < 1.29 is 4.74 Å². The summed E-state index contributed by atoms with van der Waals surface area (Å²) in [6, 6.07) is 7.94. The Morgan fingerprint density at radius 1 is 1.38 bits per heavy atom. The van der Waals surface area contributed by atoms with Crippen molar-refractivity contribution in [2.45, 2.75) is 19.8 Å². The fourth-order valence-electron chi connectivity index (χ4n) is 1.66. The lowest BCUT2D eigenvalue weighted by molar-refractivity contribution is 0.295. The van der Waals surface area contributed by atoms with E-state index in [2.05, 4.69) is 11.9 Å². The first-order valence-corrected chi connectivity index (χ1v) is 5.60. The fraction of sp³-hybridized carbons (Fsp3) is 0.308. The van der Waals surface area contributed by atoms with Crippen molar-refractivity contribution >= 4 is 16.8 Å². The third kappa shape index (κ3) is 2.08. The highest BCUT2D eigenvalue weighted by Gasteiger charge is 2.08. The van der Waals surface area contributed by atoms with Crippen LogP contribution in [0.25, 0.3) is 10.9 Å². The van der Waals surface area contributed by atoms with Crippen molar-refractivity contribution in [1.82, 2.24) is 4.98 Å². The average molecular weight is 216 g/mol. The molecule has 0 aliphatic heterocycles. The smallest absolute Gasteiger partial charge is 0.215 e.